The molecule has 1 rings (SSSR count). The summed E-state index contributed by atoms with van der Waals surface area (Å²) in [5.41, 5.74) is 6.53. The van der Waals surface area contributed by atoms with E-state index >= 15 is 0 Å². The standard InChI is InChI=1S/C11H17NO3/c1-3-15-10-5-4-8(9(12)7-13)6-11(10)14-2/h4-6,9,13H,3,7,12H2,1-2H3. The van der Waals surface area contributed by atoms with E-state index in [0.717, 1.165) is 5.56 Å². The van der Waals surface area contributed by atoms with Crippen LogP contribution in [0.2, 0.25) is 0 Å². The number of aliphatic hydroxyl groups is 1. The number of hydrogen-bond donors (Lipinski definition) is 2. The Morgan fingerprint density at radius 2 is 2.13 bits per heavy atom. The van der Waals surface area contributed by atoms with E-state index in [0.29, 0.717) is 18.1 Å². The topological polar surface area (TPSA) is 64.7 Å². The first-order valence-corrected chi connectivity index (χ1v) is 4.90. The van der Waals surface area contributed by atoms with Gasteiger partial charge in [0.25, 0.3) is 0 Å². The number of ether oxygens (including phenoxy) is 2. The minimum absolute atomic E-state index is 0.0862. The largest absolute Gasteiger partial charge is 0.493 e. The molecule has 1 unspecified atom stereocenters. The molecule has 4 heteroatoms. The molecule has 3 N–H and O–H groups in total. The molecule has 0 aromatic heterocycles. The number of aliphatic hydroxyl groups excluding tert-OH is 1. The van der Waals surface area contributed by atoms with Crippen molar-refractivity contribution in [2.24, 2.45) is 5.73 Å². The summed E-state index contributed by atoms with van der Waals surface area (Å²) in [4.78, 5) is 0. The van der Waals surface area contributed by atoms with Gasteiger partial charge in [-0.05, 0) is 24.6 Å². The Morgan fingerprint density at radius 1 is 1.40 bits per heavy atom. The molecule has 84 valence electrons. The van der Waals surface area contributed by atoms with Crippen molar-refractivity contribution in [2.75, 3.05) is 20.3 Å². The monoisotopic (exact) mass is 211 g/mol. The van der Waals surface area contributed by atoms with Gasteiger partial charge in [0.2, 0.25) is 0 Å². The van der Waals surface area contributed by atoms with Gasteiger partial charge in [-0.25, -0.2) is 0 Å². The lowest BCUT2D eigenvalue weighted by atomic mass is 10.1. The zero-order chi connectivity index (χ0) is 11.3. The highest BCUT2D eigenvalue weighted by Crippen LogP contribution is 2.29. The van der Waals surface area contributed by atoms with Crippen LogP contribution in [-0.4, -0.2) is 25.4 Å². The van der Waals surface area contributed by atoms with Crippen LogP contribution in [0.5, 0.6) is 11.5 Å². The first-order valence-electron chi connectivity index (χ1n) is 4.90. The van der Waals surface area contributed by atoms with Crippen LogP contribution in [0, 0.1) is 0 Å². The zero-order valence-electron chi connectivity index (χ0n) is 9.06. The van der Waals surface area contributed by atoms with Gasteiger partial charge in [0, 0.05) is 0 Å². The summed E-state index contributed by atoms with van der Waals surface area (Å²) in [7, 11) is 1.58. The number of hydrogen-bond acceptors (Lipinski definition) is 4. The Hall–Kier alpha value is -1.26. The van der Waals surface area contributed by atoms with Gasteiger partial charge in [0.15, 0.2) is 11.5 Å². The second kappa shape index (κ2) is 5.58. The van der Waals surface area contributed by atoms with Gasteiger partial charge in [0.1, 0.15) is 0 Å². The molecular weight excluding hydrogens is 194 g/mol. The Bertz CT molecular complexity index is 315. The van der Waals surface area contributed by atoms with Crippen LogP contribution < -0.4 is 15.2 Å². The molecule has 0 aliphatic rings. The number of rotatable bonds is 5. The van der Waals surface area contributed by atoms with Gasteiger partial charge >= 0.3 is 0 Å². The molecule has 0 fully saturated rings. The maximum Gasteiger partial charge on any atom is 0.161 e. The van der Waals surface area contributed by atoms with E-state index in [2.05, 4.69) is 0 Å². The first kappa shape index (κ1) is 11.8. The van der Waals surface area contributed by atoms with Crippen LogP contribution in [-0.2, 0) is 0 Å². The third-order valence-electron chi connectivity index (χ3n) is 2.11. The predicted octanol–water partition coefficient (Wildman–Crippen LogP) is 1.09. The van der Waals surface area contributed by atoms with E-state index in [1.807, 2.05) is 13.0 Å². The Labute approximate surface area is 89.6 Å². The fraction of sp³-hybridized carbons (Fsp3) is 0.455. The average molecular weight is 211 g/mol. The van der Waals surface area contributed by atoms with Gasteiger partial charge in [-0.3, -0.25) is 0 Å². The van der Waals surface area contributed by atoms with Crippen molar-refractivity contribution in [3.63, 3.8) is 0 Å². The van der Waals surface area contributed by atoms with Crippen molar-refractivity contribution in [3.8, 4) is 11.5 Å². The predicted molar refractivity (Wildman–Crippen MR) is 58.2 cm³/mol. The molecule has 0 radical (unpaired) electrons. The molecule has 0 bridgehead atoms. The second-order valence-electron chi connectivity index (χ2n) is 3.13. The Balaban J connectivity index is 2.96. The molecule has 0 aliphatic heterocycles. The van der Waals surface area contributed by atoms with Crippen molar-refractivity contribution >= 4 is 0 Å². The Morgan fingerprint density at radius 3 is 2.67 bits per heavy atom. The summed E-state index contributed by atoms with van der Waals surface area (Å²) in [5, 5.41) is 8.93. The molecule has 0 saturated heterocycles. The van der Waals surface area contributed by atoms with Crippen LogP contribution in [0.1, 0.15) is 18.5 Å². The van der Waals surface area contributed by atoms with Crippen LogP contribution in [0.25, 0.3) is 0 Å². The summed E-state index contributed by atoms with van der Waals surface area (Å²) in [5.74, 6) is 1.33. The summed E-state index contributed by atoms with van der Waals surface area (Å²) in [6.45, 7) is 2.41. The number of nitrogens with two attached hydrogens (primary N) is 1. The molecule has 0 spiro atoms. The zero-order valence-corrected chi connectivity index (χ0v) is 9.06. The van der Waals surface area contributed by atoms with Gasteiger partial charge in [-0.1, -0.05) is 6.07 Å². The van der Waals surface area contributed by atoms with Crippen LogP contribution in [0.15, 0.2) is 18.2 Å². The van der Waals surface area contributed by atoms with Crippen molar-refractivity contribution in [2.45, 2.75) is 13.0 Å². The van der Waals surface area contributed by atoms with Crippen LogP contribution >= 0.6 is 0 Å². The molecule has 1 aromatic carbocycles. The quantitative estimate of drug-likeness (QED) is 0.765. The van der Waals surface area contributed by atoms with Crippen molar-refractivity contribution < 1.29 is 14.6 Å². The van der Waals surface area contributed by atoms with Gasteiger partial charge in [-0.2, -0.15) is 0 Å². The van der Waals surface area contributed by atoms with E-state index in [9.17, 15) is 0 Å². The summed E-state index contributed by atoms with van der Waals surface area (Å²) < 4.78 is 10.5. The molecule has 0 saturated carbocycles. The minimum atomic E-state index is -0.380. The van der Waals surface area contributed by atoms with Gasteiger partial charge in [-0.15, -0.1) is 0 Å². The number of benzene rings is 1. The van der Waals surface area contributed by atoms with Crippen LogP contribution in [0.3, 0.4) is 0 Å². The molecule has 4 nitrogen and oxygen atoms in total. The maximum atomic E-state index is 8.93. The molecule has 0 aliphatic carbocycles. The highest BCUT2D eigenvalue weighted by molar-refractivity contribution is 5.43. The van der Waals surface area contributed by atoms with E-state index in [4.69, 9.17) is 20.3 Å². The minimum Gasteiger partial charge on any atom is -0.493 e. The lowest BCUT2D eigenvalue weighted by Gasteiger charge is -2.13. The van der Waals surface area contributed by atoms with E-state index in [1.54, 1.807) is 19.2 Å². The number of methoxy groups -OCH3 is 1. The third-order valence-corrected chi connectivity index (χ3v) is 2.11. The lowest BCUT2D eigenvalue weighted by Crippen LogP contribution is -2.14. The van der Waals surface area contributed by atoms with Crippen molar-refractivity contribution in [1.29, 1.82) is 0 Å². The first-order chi connectivity index (χ1) is 7.22. The normalized spacial score (nSPS) is 12.3. The van der Waals surface area contributed by atoms with Crippen LogP contribution in [0.4, 0.5) is 0 Å². The third kappa shape index (κ3) is 2.84. The fourth-order valence-corrected chi connectivity index (χ4v) is 1.29. The molecule has 1 atom stereocenters. The SMILES string of the molecule is CCOc1ccc(C(N)CO)cc1OC. The molecule has 0 amide bonds. The molecule has 15 heavy (non-hydrogen) atoms. The van der Waals surface area contributed by atoms with Gasteiger partial charge in [0.05, 0.1) is 26.4 Å². The lowest BCUT2D eigenvalue weighted by molar-refractivity contribution is 0.267. The van der Waals surface area contributed by atoms with E-state index < -0.39 is 0 Å². The second-order valence-corrected chi connectivity index (χ2v) is 3.13. The summed E-state index contributed by atoms with van der Waals surface area (Å²) >= 11 is 0. The highest BCUT2D eigenvalue weighted by atomic mass is 16.5. The average Bonchev–Trinajstić information content (AvgIpc) is 2.29. The molecular formula is C11H17NO3. The van der Waals surface area contributed by atoms with E-state index in [-0.39, 0.29) is 12.6 Å². The summed E-state index contributed by atoms with van der Waals surface area (Å²) in [6, 6.07) is 5.03. The Kier molecular flexibility index (Phi) is 4.39. The smallest absolute Gasteiger partial charge is 0.161 e. The summed E-state index contributed by atoms with van der Waals surface area (Å²) in [6.07, 6.45) is 0. The van der Waals surface area contributed by atoms with Gasteiger partial charge < -0.3 is 20.3 Å². The van der Waals surface area contributed by atoms with Crippen molar-refractivity contribution in [3.05, 3.63) is 23.8 Å². The fourth-order valence-electron chi connectivity index (χ4n) is 1.29. The van der Waals surface area contributed by atoms with Crippen molar-refractivity contribution in [1.82, 2.24) is 0 Å². The molecule has 0 heterocycles. The highest BCUT2D eigenvalue weighted by Gasteiger charge is 2.09. The maximum absolute atomic E-state index is 8.93. The molecule has 1 aromatic rings. The van der Waals surface area contributed by atoms with E-state index in [1.165, 1.54) is 0 Å².